The van der Waals surface area contributed by atoms with Crippen LogP contribution in [-0.2, 0) is 6.42 Å². The van der Waals surface area contributed by atoms with Crippen molar-refractivity contribution in [2.45, 2.75) is 20.3 Å². The van der Waals surface area contributed by atoms with Gasteiger partial charge in [-0.3, -0.25) is 4.79 Å². The van der Waals surface area contributed by atoms with Gasteiger partial charge in [0.1, 0.15) is 11.5 Å². The summed E-state index contributed by atoms with van der Waals surface area (Å²) in [4.78, 5) is 27.1. The van der Waals surface area contributed by atoms with E-state index in [1.807, 2.05) is 6.92 Å². The van der Waals surface area contributed by atoms with Gasteiger partial charge in [-0.25, -0.2) is 18.7 Å². The highest BCUT2D eigenvalue weighted by molar-refractivity contribution is 5.96. The molecule has 0 aliphatic rings. The van der Waals surface area contributed by atoms with Crippen LogP contribution in [0.15, 0.2) is 42.5 Å². The average Bonchev–Trinajstić information content (AvgIpc) is 3.10. The van der Waals surface area contributed by atoms with Crippen LogP contribution in [0.2, 0.25) is 0 Å². The number of Topliss-reactive ketones (excluding diaryl/α,β-unsaturated/α-hetero) is 1. The van der Waals surface area contributed by atoms with E-state index in [0.29, 0.717) is 34.2 Å². The lowest BCUT2D eigenvalue weighted by molar-refractivity contribution is 0.0696. The molecule has 140 valence electrons. The van der Waals surface area contributed by atoms with Crippen LogP contribution in [0, 0.1) is 5.82 Å². The highest BCUT2D eigenvalue weighted by atomic mass is 19.1. The highest BCUT2D eigenvalue weighted by Gasteiger charge is 2.16. The number of hydrogen-bond acceptors (Lipinski definition) is 4. The van der Waals surface area contributed by atoms with Crippen molar-refractivity contribution in [3.05, 3.63) is 65.2 Å². The van der Waals surface area contributed by atoms with Gasteiger partial charge in [-0.1, -0.05) is 19.1 Å². The third-order valence-electron chi connectivity index (χ3n) is 4.70. The quantitative estimate of drug-likeness (QED) is 0.540. The number of benzene rings is 2. The van der Waals surface area contributed by atoms with Crippen molar-refractivity contribution in [3.63, 3.8) is 0 Å². The lowest BCUT2D eigenvalue weighted by Gasteiger charge is -2.06. The summed E-state index contributed by atoms with van der Waals surface area (Å²) in [6, 6.07) is 10.8. The van der Waals surface area contributed by atoms with E-state index >= 15 is 4.39 Å². The molecular weight excluding hydrogens is 361 g/mol. The second-order valence-electron chi connectivity index (χ2n) is 6.51. The summed E-state index contributed by atoms with van der Waals surface area (Å²) in [5.74, 6) is -1.69. The number of carbonyl (C=O) groups excluding carboxylic acids is 1. The maximum absolute atomic E-state index is 15.1. The van der Waals surface area contributed by atoms with Gasteiger partial charge in [0.25, 0.3) is 0 Å². The molecule has 0 atom stereocenters. The Morgan fingerprint density at radius 1 is 1.14 bits per heavy atom. The van der Waals surface area contributed by atoms with Crippen LogP contribution in [0.5, 0.6) is 0 Å². The Balaban J connectivity index is 1.91. The maximum Gasteiger partial charge on any atom is 0.335 e. The first kappa shape index (κ1) is 17.8. The van der Waals surface area contributed by atoms with Crippen molar-refractivity contribution in [1.82, 2.24) is 14.6 Å². The lowest BCUT2D eigenvalue weighted by Crippen LogP contribution is -2.05. The molecule has 0 bridgehead atoms. The first-order valence-corrected chi connectivity index (χ1v) is 8.75. The van der Waals surface area contributed by atoms with E-state index in [1.165, 1.54) is 25.1 Å². The number of carbonyl (C=O) groups is 2. The van der Waals surface area contributed by atoms with Gasteiger partial charge in [-0.15, -0.1) is 0 Å². The number of hydrogen-bond donors (Lipinski definition) is 1. The van der Waals surface area contributed by atoms with Gasteiger partial charge in [0.2, 0.25) is 0 Å². The fourth-order valence-electron chi connectivity index (χ4n) is 3.22. The summed E-state index contributed by atoms with van der Waals surface area (Å²) in [6.45, 7) is 3.39. The second-order valence-corrected chi connectivity index (χ2v) is 6.51. The van der Waals surface area contributed by atoms with Crippen molar-refractivity contribution in [2.24, 2.45) is 0 Å². The molecule has 2 heterocycles. The largest absolute Gasteiger partial charge is 0.478 e. The second kappa shape index (κ2) is 6.53. The summed E-state index contributed by atoms with van der Waals surface area (Å²) in [5.41, 5.74) is 2.39. The zero-order valence-corrected chi connectivity index (χ0v) is 15.2. The number of nitrogens with zero attached hydrogens (tertiary/aromatic N) is 3. The zero-order valence-electron chi connectivity index (χ0n) is 15.2. The van der Waals surface area contributed by atoms with E-state index in [4.69, 9.17) is 5.11 Å². The molecular formula is C21H16FN3O3. The van der Waals surface area contributed by atoms with Gasteiger partial charge < -0.3 is 5.11 Å². The molecule has 1 N–H and O–H groups in total. The molecule has 2 aromatic carbocycles. The van der Waals surface area contributed by atoms with Crippen molar-refractivity contribution >= 4 is 28.2 Å². The van der Waals surface area contributed by atoms with Gasteiger partial charge >= 0.3 is 5.97 Å². The Morgan fingerprint density at radius 2 is 1.93 bits per heavy atom. The molecule has 0 fully saturated rings. The normalized spacial score (nSPS) is 11.2. The molecule has 0 unspecified atom stereocenters. The topological polar surface area (TPSA) is 84.6 Å². The number of carboxylic acid groups (broad SMARTS) is 1. The predicted molar refractivity (Wildman–Crippen MR) is 102 cm³/mol. The van der Waals surface area contributed by atoms with Crippen molar-refractivity contribution in [1.29, 1.82) is 0 Å². The third-order valence-corrected chi connectivity index (χ3v) is 4.70. The fraction of sp³-hybridized carbons (Fsp3) is 0.143. The highest BCUT2D eigenvalue weighted by Crippen LogP contribution is 2.29. The predicted octanol–water partition coefficient (Wildman–Crippen LogP) is 4.15. The molecule has 0 spiro atoms. The van der Waals surface area contributed by atoms with E-state index in [-0.39, 0.29) is 16.9 Å². The van der Waals surface area contributed by atoms with Crippen molar-refractivity contribution in [2.75, 3.05) is 0 Å². The van der Waals surface area contributed by atoms with Crippen LogP contribution in [-0.4, -0.2) is 31.5 Å². The summed E-state index contributed by atoms with van der Waals surface area (Å²) >= 11 is 0. The zero-order chi connectivity index (χ0) is 20.0. The number of fused-ring (bicyclic) bond motifs is 2. The first-order chi connectivity index (χ1) is 13.4. The van der Waals surface area contributed by atoms with Gasteiger partial charge in [0.15, 0.2) is 11.4 Å². The Kier molecular flexibility index (Phi) is 4.15. The van der Waals surface area contributed by atoms with Crippen molar-refractivity contribution in [3.8, 4) is 11.3 Å². The van der Waals surface area contributed by atoms with Crippen LogP contribution >= 0.6 is 0 Å². The van der Waals surface area contributed by atoms with Gasteiger partial charge in [-0.05, 0) is 36.1 Å². The van der Waals surface area contributed by atoms with Crippen LogP contribution in [0.4, 0.5) is 4.39 Å². The van der Waals surface area contributed by atoms with Gasteiger partial charge in [-0.2, -0.15) is 5.10 Å². The molecule has 6 nitrogen and oxygen atoms in total. The molecule has 0 radical (unpaired) electrons. The average molecular weight is 377 g/mol. The molecule has 2 aromatic heterocycles. The first-order valence-electron chi connectivity index (χ1n) is 8.75. The number of rotatable bonds is 4. The molecule has 0 saturated carbocycles. The standard InChI is InChI=1S/C21H16FN3O3/c1-3-14-9-17(11(2)26)23-19-10-18(24-25(14)19)16-7-4-12-8-13(21(27)28)5-6-15(12)20(16)22/h4-10H,3H2,1-2H3,(H,27,28). The van der Waals surface area contributed by atoms with Crippen LogP contribution < -0.4 is 0 Å². The number of aromatic nitrogens is 3. The maximum atomic E-state index is 15.1. The van der Waals surface area contributed by atoms with Gasteiger partial charge in [0, 0.05) is 29.6 Å². The molecule has 4 aromatic rings. The van der Waals surface area contributed by atoms with E-state index in [0.717, 1.165) is 5.69 Å². The summed E-state index contributed by atoms with van der Waals surface area (Å²) in [7, 11) is 0. The minimum absolute atomic E-state index is 0.0981. The number of halogens is 1. The smallest absolute Gasteiger partial charge is 0.335 e. The van der Waals surface area contributed by atoms with Crippen LogP contribution in [0.3, 0.4) is 0 Å². The number of ketones is 1. The summed E-state index contributed by atoms with van der Waals surface area (Å²) in [5, 5.41) is 14.4. The van der Waals surface area contributed by atoms with Crippen LogP contribution in [0.25, 0.3) is 27.7 Å². The summed E-state index contributed by atoms with van der Waals surface area (Å²) < 4.78 is 16.7. The van der Waals surface area contributed by atoms with Gasteiger partial charge in [0.05, 0.1) is 11.3 Å². The Bertz CT molecular complexity index is 1280. The number of aromatic carboxylic acids is 1. The molecule has 0 aliphatic heterocycles. The molecule has 0 saturated heterocycles. The van der Waals surface area contributed by atoms with Crippen molar-refractivity contribution < 1.29 is 19.1 Å². The minimum atomic E-state index is -1.06. The van der Waals surface area contributed by atoms with E-state index in [1.54, 1.807) is 28.8 Å². The fourth-order valence-corrected chi connectivity index (χ4v) is 3.22. The molecule has 0 aliphatic carbocycles. The summed E-state index contributed by atoms with van der Waals surface area (Å²) in [6.07, 6.45) is 0.637. The Labute approximate surface area is 159 Å². The molecule has 4 rings (SSSR count). The number of aryl methyl sites for hydroxylation is 1. The van der Waals surface area contributed by atoms with E-state index < -0.39 is 11.8 Å². The van der Waals surface area contributed by atoms with Crippen LogP contribution in [0.1, 0.15) is 40.4 Å². The number of carboxylic acids is 1. The lowest BCUT2D eigenvalue weighted by atomic mass is 10.0. The molecule has 0 amide bonds. The van der Waals surface area contributed by atoms with E-state index in [9.17, 15) is 9.59 Å². The Hall–Kier alpha value is -3.61. The third kappa shape index (κ3) is 2.81. The monoisotopic (exact) mass is 377 g/mol. The SMILES string of the molecule is CCc1cc(C(C)=O)nc2cc(-c3ccc4cc(C(=O)O)ccc4c3F)nn12. The van der Waals surface area contributed by atoms with E-state index in [2.05, 4.69) is 10.1 Å². The molecule has 28 heavy (non-hydrogen) atoms. The minimum Gasteiger partial charge on any atom is -0.478 e. The molecule has 7 heteroatoms. The Morgan fingerprint density at radius 3 is 2.61 bits per heavy atom.